The standard InChI is InChI=1S/C16H24O2S/c1-4-5-6-13(3)19-11-12(2)14-7-9-15(10-8-14)16(17)18/h6-7,11,15H,4-5,8-10H2,1-3H3,(H,17,18)/b12-11+,13-6+. The van der Waals surface area contributed by atoms with E-state index in [-0.39, 0.29) is 5.92 Å². The third-order valence-corrected chi connectivity index (χ3v) is 4.42. The minimum atomic E-state index is -0.662. The van der Waals surface area contributed by atoms with Gasteiger partial charge in [-0.15, -0.1) is 11.8 Å². The van der Waals surface area contributed by atoms with Crippen LogP contribution in [0.5, 0.6) is 0 Å². The molecule has 1 aliphatic rings. The van der Waals surface area contributed by atoms with Crippen molar-refractivity contribution >= 4 is 17.7 Å². The lowest BCUT2D eigenvalue weighted by atomic mass is 9.87. The van der Waals surface area contributed by atoms with Crippen molar-refractivity contribution in [1.82, 2.24) is 0 Å². The molecule has 0 aliphatic heterocycles. The van der Waals surface area contributed by atoms with Crippen molar-refractivity contribution in [3.63, 3.8) is 0 Å². The van der Waals surface area contributed by atoms with E-state index in [0.29, 0.717) is 6.42 Å². The number of carbonyl (C=O) groups is 1. The molecule has 2 nitrogen and oxygen atoms in total. The lowest BCUT2D eigenvalue weighted by Crippen LogP contribution is -2.16. The van der Waals surface area contributed by atoms with Gasteiger partial charge in [-0.1, -0.05) is 25.5 Å². The van der Waals surface area contributed by atoms with Gasteiger partial charge < -0.3 is 5.11 Å². The minimum Gasteiger partial charge on any atom is -0.481 e. The van der Waals surface area contributed by atoms with Crippen LogP contribution in [0.15, 0.2) is 33.6 Å². The van der Waals surface area contributed by atoms with Crippen LogP contribution in [0.4, 0.5) is 0 Å². The highest BCUT2D eigenvalue weighted by Crippen LogP contribution is 2.30. The molecule has 0 aromatic heterocycles. The summed E-state index contributed by atoms with van der Waals surface area (Å²) in [5, 5.41) is 11.2. The maximum Gasteiger partial charge on any atom is 0.306 e. The van der Waals surface area contributed by atoms with Gasteiger partial charge in [-0.3, -0.25) is 4.79 Å². The van der Waals surface area contributed by atoms with E-state index < -0.39 is 5.97 Å². The van der Waals surface area contributed by atoms with E-state index in [1.807, 2.05) is 0 Å². The van der Waals surface area contributed by atoms with E-state index in [1.165, 1.54) is 22.5 Å². The topological polar surface area (TPSA) is 37.3 Å². The van der Waals surface area contributed by atoms with Gasteiger partial charge in [0.1, 0.15) is 0 Å². The Morgan fingerprint density at radius 2 is 2.26 bits per heavy atom. The Bertz CT molecular complexity index is 405. The number of aliphatic carboxylic acids is 1. The Labute approximate surface area is 120 Å². The van der Waals surface area contributed by atoms with Crippen LogP contribution in [0.1, 0.15) is 52.9 Å². The number of hydrogen-bond acceptors (Lipinski definition) is 2. The molecule has 0 spiro atoms. The van der Waals surface area contributed by atoms with Crippen molar-refractivity contribution in [3.05, 3.63) is 33.6 Å². The van der Waals surface area contributed by atoms with Gasteiger partial charge in [-0.05, 0) is 61.0 Å². The van der Waals surface area contributed by atoms with E-state index in [1.54, 1.807) is 11.8 Å². The summed E-state index contributed by atoms with van der Waals surface area (Å²) in [6.07, 6.45) is 9.01. The molecule has 0 saturated carbocycles. The van der Waals surface area contributed by atoms with Crippen LogP contribution in [-0.2, 0) is 4.79 Å². The van der Waals surface area contributed by atoms with E-state index >= 15 is 0 Å². The van der Waals surface area contributed by atoms with Gasteiger partial charge in [0.25, 0.3) is 0 Å². The number of carboxylic acid groups (broad SMARTS) is 1. The van der Waals surface area contributed by atoms with Crippen LogP contribution in [0, 0.1) is 5.92 Å². The highest BCUT2D eigenvalue weighted by atomic mass is 32.2. The summed E-state index contributed by atoms with van der Waals surface area (Å²) in [5.74, 6) is -0.847. The number of unbranched alkanes of at least 4 members (excludes halogenated alkanes) is 1. The number of allylic oxidation sites excluding steroid dienone is 5. The molecule has 0 radical (unpaired) electrons. The molecule has 3 heteroatoms. The Hall–Kier alpha value is -0.960. The van der Waals surface area contributed by atoms with Crippen LogP contribution in [0.25, 0.3) is 0 Å². The third-order valence-electron chi connectivity index (χ3n) is 3.41. The average Bonchev–Trinajstić information content (AvgIpc) is 2.42. The van der Waals surface area contributed by atoms with Gasteiger partial charge in [0.05, 0.1) is 5.92 Å². The number of rotatable bonds is 6. The van der Waals surface area contributed by atoms with Crippen molar-refractivity contribution in [2.45, 2.75) is 52.9 Å². The fourth-order valence-corrected chi connectivity index (χ4v) is 2.80. The van der Waals surface area contributed by atoms with Gasteiger partial charge >= 0.3 is 5.97 Å². The lowest BCUT2D eigenvalue weighted by Gasteiger charge is -2.19. The predicted molar refractivity (Wildman–Crippen MR) is 83.1 cm³/mol. The molecule has 0 saturated heterocycles. The van der Waals surface area contributed by atoms with Gasteiger partial charge in [0.2, 0.25) is 0 Å². The fraction of sp³-hybridized carbons (Fsp3) is 0.562. The number of thioether (sulfide) groups is 1. The molecular weight excluding hydrogens is 256 g/mol. The maximum atomic E-state index is 10.9. The zero-order chi connectivity index (χ0) is 14.3. The van der Waals surface area contributed by atoms with E-state index in [0.717, 1.165) is 19.3 Å². The summed E-state index contributed by atoms with van der Waals surface area (Å²) in [5.41, 5.74) is 2.59. The van der Waals surface area contributed by atoms with Gasteiger partial charge in [-0.2, -0.15) is 0 Å². The first-order chi connectivity index (χ1) is 9.04. The molecule has 0 fully saturated rings. The normalized spacial score (nSPS) is 21.2. The zero-order valence-electron chi connectivity index (χ0n) is 12.1. The number of hydrogen-bond donors (Lipinski definition) is 1. The molecule has 1 aliphatic carbocycles. The van der Waals surface area contributed by atoms with Crippen molar-refractivity contribution < 1.29 is 9.90 Å². The molecule has 0 heterocycles. The second-order valence-electron chi connectivity index (χ2n) is 5.06. The largest absolute Gasteiger partial charge is 0.481 e. The second kappa shape index (κ2) is 8.26. The summed E-state index contributed by atoms with van der Waals surface area (Å²) in [6.45, 7) is 6.44. The van der Waals surface area contributed by atoms with Crippen LogP contribution < -0.4 is 0 Å². The molecule has 1 unspecified atom stereocenters. The van der Waals surface area contributed by atoms with Gasteiger partial charge in [-0.25, -0.2) is 0 Å². The molecule has 0 aromatic carbocycles. The molecule has 19 heavy (non-hydrogen) atoms. The summed E-state index contributed by atoms with van der Waals surface area (Å²) in [7, 11) is 0. The summed E-state index contributed by atoms with van der Waals surface area (Å²) in [4.78, 5) is 12.2. The quantitative estimate of drug-likeness (QED) is 0.732. The Kier molecular flexibility index (Phi) is 7.00. The Morgan fingerprint density at radius 3 is 2.79 bits per heavy atom. The highest BCUT2D eigenvalue weighted by Gasteiger charge is 2.20. The predicted octanol–water partition coefficient (Wildman–Crippen LogP) is 5.14. The molecule has 1 atom stereocenters. The molecule has 0 aromatic rings. The van der Waals surface area contributed by atoms with Crippen LogP contribution in [0.2, 0.25) is 0 Å². The summed E-state index contributed by atoms with van der Waals surface area (Å²) < 4.78 is 0. The smallest absolute Gasteiger partial charge is 0.306 e. The maximum absolute atomic E-state index is 10.9. The van der Waals surface area contributed by atoms with E-state index in [2.05, 4.69) is 38.3 Å². The van der Waals surface area contributed by atoms with Gasteiger partial charge in [0, 0.05) is 0 Å². The molecule has 1 N–H and O–H groups in total. The zero-order valence-corrected chi connectivity index (χ0v) is 12.9. The summed E-state index contributed by atoms with van der Waals surface area (Å²) in [6, 6.07) is 0. The van der Waals surface area contributed by atoms with Crippen LogP contribution in [0.3, 0.4) is 0 Å². The van der Waals surface area contributed by atoms with Crippen LogP contribution in [-0.4, -0.2) is 11.1 Å². The van der Waals surface area contributed by atoms with E-state index in [9.17, 15) is 4.79 Å². The molecule has 106 valence electrons. The molecule has 0 bridgehead atoms. The van der Waals surface area contributed by atoms with Crippen molar-refractivity contribution in [3.8, 4) is 0 Å². The SMILES string of the molecule is CCC/C=C(\C)S/C=C(\C)C1=CCC(C(=O)O)CC1. The highest BCUT2D eigenvalue weighted by molar-refractivity contribution is 8.05. The van der Waals surface area contributed by atoms with Crippen molar-refractivity contribution in [2.24, 2.45) is 5.92 Å². The van der Waals surface area contributed by atoms with Crippen molar-refractivity contribution in [2.75, 3.05) is 0 Å². The van der Waals surface area contributed by atoms with Crippen LogP contribution >= 0.6 is 11.8 Å². The lowest BCUT2D eigenvalue weighted by molar-refractivity contribution is -0.141. The van der Waals surface area contributed by atoms with Gasteiger partial charge in [0.15, 0.2) is 0 Å². The fourth-order valence-electron chi connectivity index (χ4n) is 2.07. The summed E-state index contributed by atoms with van der Waals surface area (Å²) >= 11 is 1.77. The Balaban J connectivity index is 2.54. The molecular formula is C16H24O2S. The first-order valence-electron chi connectivity index (χ1n) is 6.97. The molecule has 0 amide bonds. The first-order valence-corrected chi connectivity index (χ1v) is 7.85. The third kappa shape index (κ3) is 5.68. The molecule has 1 rings (SSSR count). The monoisotopic (exact) mass is 280 g/mol. The van der Waals surface area contributed by atoms with Crippen molar-refractivity contribution in [1.29, 1.82) is 0 Å². The Morgan fingerprint density at radius 1 is 1.53 bits per heavy atom. The second-order valence-corrected chi connectivity index (χ2v) is 6.18. The first kappa shape index (κ1) is 16.1. The minimum absolute atomic E-state index is 0.185. The number of carboxylic acids is 1. The average molecular weight is 280 g/mol. The van der Waals surface area contributed by atoms with E-state index in [4.69, 9.17) is 5.11 Å².